The molecular weight excluding hydrogens is 146 g/mol. The van der Waals surface area contributed by atoms with E-state index >= 15 is 0 Å². The Morgan fingerprint density at radius 1 is 1.36 bits per heavy atom. The van der Waals surface area contributed by atoms with Crippen molar-refractivity contribution in [2.24, 2.45) is 0 Å². The van der Waals surface area contributed by atoms with Gasteiger partial charge in [-0.15, -0.1) is 0 Å². The van der Waals surface area contributed by atoms with E-state index in [9.17, 15) is 14.4 Å². The van der Waals surface area contributed by atoms with Crippen molar-refractivity contribution in [1.82, 2.24) is 5.32 Å². The van der Waals surface area contributed by atoms with Crippen molar-refractivity contribution < 1.29 is 14.4 Å². The van der Waals surface area contributed by atoms with Crippen molar-refractivity contribution in [2.75, 3.05) is 0 Å². The number of nitrogens with one attached hydrogen (secondary N) is 1. The van der Waals surface area contributed by atoms with Crippen LogP contribution in [0.5, 0.6) is 0 Å². The van der Waals surface area contributed by atoms with Gasteiger partial charge >= 0.3 is 0 Å². The summed E-state index contributed by atoms with van der Waals surface area (Å²) >= 11 is 0. The summed E-state index contributed by atoms with van der Waals surface area (Å²) in [6, 6.07) is 0. The summed E-state index contributed by atoms with van der Waals surface area (Å²) in [6.07, 6.45) is 1.20. The molecular formula is C7H7NO3. The number of carbonyl (C=O) groups excluding carboxylic acids is 3. The predicted molar refractivity (Wildman–Crippen MR) is 38.6 cm³/mol. The van der Waals surface area contributed by atoms with Crippen LogP contribution >= 0.6 is 0 Å². The number of hydrogen-bond acceptors (Lipinski definition) is 3. The van der Waals surface area contributed by atoms with E-state index in [1.807, 2.05) is 5.32 Å². The van der Waals surface area contributed by atoms with Crippen LogP contribution in [0, 0.1) is 0 Å². The average molecular weight is 153 g/mol. The van der Waals surface area contributed by atoms with Crippen LogP contribution in [0.1, 0.15) is 0 Å². The van der Waals surface area contributed by atoms with E-state index in [2.05, 4.69) is 13.2 Å². The summed E-state index contributed by atoms with van der Waals surface area (Å²) in [6.45, 7) is 6.21. The zero-order valence-corrected chi connectivity index (χ0v) is 5.79. The number of amides is 2. The van der Waals surface area contributed by atoms with Gasteiger partial charge < -0.3 is 0 Å². The monoisotopic (exact) mass is 153 g/mol. The molecule has 0 aliphatic rings. The number of imide groups is 1. The SMILES string of the molecule is C=CC(=O)NC(=O)C(=C)C=O. The fraction of sp³-hybridized carbons (Fsp3) is 0. The van der Waals surface area contributed by atoms with Gasteiger partial charge in [0.1, 0.15) is 0 Å². The van der Waals surface area contributed by atoms with Gasteiger partial charge in [-0.1, -0.05) is 13.2 Å². The Bertz CT molecular complexity index is 230. The highest BCUT2D eigenvalue weighted by atomic mass is 16.2. The molecule has 0 atom stereocenters. The van der Waals surface area contributed by atoms with E-state index in [1.54, 1.807) is 0 Å². The summed E-state index contributed by atoms with van der Waals surface area (Å²) in [4.78, 5) is 31.0. The van der Waals surface area contributed by atoms with E-state index in [4.69, 9.17) is 0 Å². The first-order chi connectivity index (χ1) is 5.11. The molecule has 58 valence electrons. The summed E-state index contributed by atoms with van der Waals surface area (Å²) < 4.78 is 0. The fourth-order valence-electron chi connectivity index (χ4n) is 0.297. The lowest BCUT2D eigenvalue weighted by Crippen LogP contribution is -2.29. The lowest BCUT2D eigenvalue weighted by atomic mass is 10.3. The van der Waals surface area contributed by atoms with Crippen LogP contribution in [0.3, 0.4) is 0 Å². The van der Waals surface area contributed by atoms with Crippen molar-refractivity contribution >= 4 is 18.1 Å². The number of hydrogen-bond donors (Lipinski definition) is 1. The van der Waals surface area contributed by atoms with Gasteiger partial charge in [0.25, 0.3) is 5.91 Å². The second-order valence-corrected chi connectivity index (χ2v) is 1.67. The minimum absolute atomic E-state index is 0.270. The molecule has 4 heteroatoms. The van der Waals surface area contributed by atoms with Crippen LogP contribution in [0.25, 0.3) is 0 Å². The molecule has 0 unspecified atom stereocenters. The molecule has 0 rings (SSSR count). The zero-order valence-electron chi connectivity index (χ0n) is 5.79. The minimum atomic E-state index is -0.801. The Labute approximate surface area is 63.6 Å². The highest BCUT2D eigenvalue weighted by molar-refractivity contribution is 6.16. The van der Waals surface area contributed by atoms with Gasteiger partial charge in [-0.3, -0.25) is 19.7 Å². The molecule has 0 aromatic heterocycles. The zero-order chi connectivity index (χ0) is 8.85. The van der Waals surface area contributed by atoms with Crippen molar-refractivity contribution in [3.8, 4) is 0 Å². The van der Waals surface area contributed by atoms with Gasteiger partial charge in [0.05, 0.1) is 5.57 Å². The predicted octanol–water partition coefficient (Wildman–Crippen LogP) is -0.430. The number of aldehydes is 1. The maximum absolute atomic E-state index is 10.6. The Balaban J connectivity index is 4.07. The molecule has 0 saturated carbocycles. The molecule has 0 saturated heterocycles. The van der Waals surface area contributed by atoms with Crippen LogP contribution in [0.4, 0.5) is 0 Å². The molecule has 0 aliphatic heterocycles. The van der Waals surface area contributed by atoms with Gasteiger partial charge in [-0.25, -0.2) is 0 Å². The van der Waals surface area contributed by atoms with Gasteiger partial charge in [-0.2, -0.15) is 0 Å². The molecule has 0 radical (unpaired) electrons. The van der Waals surface area contributed by atoms with E-state index in [0.29, 0.717) is 0 Å². The van der Waals surface area contributed by atoms with Crippen molar-refractivity contribution in [3.63, 3.8) is 0 Å². The standard InChI is InChI=1S/C7H7NO3/c1-3-6(10)8-7(11)5(2)4-9/h3-4H,1-2H2,(H,8,10,11). The van der Waals surface area contributed by atoms with Crippen LogP contribution in [-0.2, 0) is 14.4 Å². The maximum Gasteiger partial charge on any atom is 0.260 e. The van der Waals surface area contributed by atoms with Crippen LogP contribution in [0.15, 0.2) is 24.8 Å². The molecule has 0 aliphatic carbocycles. The fourth-order valence-corrected chi connectivity index (χ4v) is 0.297. The first kappa shape index (κ1) is 9.29. The highest BCUT2D eigenvalue weighted by Crippen LogP contribution is 1.82. The number of rotatable bonds is 3. The molecule has 1 N–H and O–H groups in total. The molecule has 0 heterocycles. The minimum Gasteiger partial charge on any atom is -0.298 e. The Hall–Kier alpha value is -1.71. The smallest absolute Gasteiger partial charge is 0.260 e. The molecule has 0 bridgehead atoms. The molecule has 0 aromatic rings. The average Bonchev–Trinajstić information content (AvgIpc) is 2.02. The van der Waals surface area contributed by atoms with E-state index < -0.39 is 11.8 Å². The van der Waals surface area contributed by atoms with Crippen LogP contribution in [0.2, 0.25) is 0 Å². The van der Waals surface area contributed by atoms with Gasteiger partial charge in [0.2, 0.25) is 5.91 Å². The summed E-state index contributed by atoms with van der Waals surface area (Å²) in [5, 5.41) is 1.85. The van der Waals surface area contributed by atoms with Crippen LogP contribution < -0.4 is 5.32 Å². The normalized spacial score (nSPS) is 8.00. The molecule has 0 aromatic carbocycles. The lowest BCUT2D eigenvalue weighted by molar-refractivity contribution is -0.126. The third-order valence-corrected chi connectivity index (χ3v) is 0.856. The second-order valence-electron chi connectivity index (χ2n) is 1.67. The second kappa shape index (κ2) is 4.16. The van der Waals surface area contributed by atoms with Crippen molar-refractivity contribution in [3.05, 3.63) is 24.8 Å². The van der Waals surface area contributed by atoms with E-state index in [-0.39, 0.29) is 11.9 Å². The topological polar surface area (TPSA) is 63.2 Å². The van der Waals surface area contributed by atoms with Gasteiger partial charge in [0.15, 0.2) is 6.29 Å². The third-order valence-electron chi connectivity index (χ3n) is 0.856. The molecule has 2 amide bonds. The molecule has 4 nitrogen and oxygen atoms in total. The summed E-state index contributed by atoms with van der Waals surface area (Å²) in [5.41, 5.74) is -0.291. The van der Waals surface area contributed by atoms with E-state index in [0.717, 1.165) is 6.08 Å². The summed E-state index contributed by atoms with van der Waals surface area (Å²) in [5.74, 6) is -1.46. The van der Waals surface area contributed by atoms with Crippen molar-refractivity contribution in [1.29, 1.82) is 0 Å². The molecule has 11 heavy (non-hydrogen) atoms. The lowest BCUT2D eigenvalue weighted by Gasteiger charge is -1.96. The Morgan fingerprint density at radius 2 is 1.91 bits per heavy atom. The Kier molecular flexibility index (Phi) is 3.51. The number of carbonyl (C=O) groups is 3. The quantitative estimate of drug-likeness (QED) is 0.259. The van der Waals surface area contributed by atoms with E-state index in [1.165, 1.54) is 0 Å². The Morgan fingerprint density at radius 3 is 2.27 bits per heavy atom. The summed E-state index contributed by atoms with van der Waals surface area (Å²) in [7, 11) is 0. The van der Waals surface area contributed by atoms with Gasteiger partial charge in [-0.05, 0) is 6.08 Å². The largest absolute Gasteiger partial charge is 0.298 e. The van der Waals surface area contributed by atoms with Crippen LogP contribution in [-0.4, -0.2) is 18.1 Å². The third kappa shape index (κ3) is 3.10. The van der Waals surface area contributed by atoms with Gasteiger partial charge in [0, 0.05) is 0 Å². The highest BCUT2D eigenvalue weighted by Gasteiger charge is 2.06. The van der Waals surface area contributed by atoms with Crippen molar-refractivity contribution in [2.45, 2.75) is 0 Å². The molecule has 0 spiro atoms. The first-order valence-corrected chi connectivity index (χ1v) is 2.73. The molecule has 0 fully saturated rings. The first-order valence-electron chi connectivity index (χ1n) is 2.73. The maximum atomic E-state index is 10.6.